The zero-order chi connectivity index (χ0) is 9.46. The van der Waals surface area contributed by atoms with Crippen LogP contribution in [-0.4, -0.2) is 31.1 Å². The quantitative estimate of drug-likeness (QED) is 0.455. The number of carbonyl (C=O) groups excluding carboxylic acids is 1. The predicted octanol–water partition coefficient (Wildman–Crippen LogP) is -2.75. The van der Waals surface area contributed by atoms with Gasteiger partial charge in [0.05, 0.1) is 13.1 Å². The van der Waals surface area contributed by atoms with Crippen molar-refractivity contribution in [3.8, 4) is 0 Å². The number of nitrogens with zero attached hydrogens (tertiary/aromatic N) is 1. The van der Waals surface area contributed by atoms with Crippen molar-refractivity contribution >= 4 is 6.03 Å². The fraction of sp³-hybridized carbons (Fsp3) is 0.667. The smallest absolute Gasteiger partial charge is 0.422 e. The number of nitrogens with one attached hydrogen (secondary N) is 1. The maximum absolute atomic E-state index is 11.5. The summed E-state index contributed by atoms with van der Waals surface area (Å²) in [7, 11) is 3.75. The first-order valence-corrected chi connectivity index (χ1v) is 4.25. The molecule has 1 rings (SSSR count). The summed E-state index contributed by atoms with van der Waals surface area (Å²) < 4.78 is 0. The number of urea groups is 1. The zero-order valence-corrected chi connectivity index (χ0v) is 9.57. The second-order valence-corrected chi connectivity index (χ2v) is 3.53. The zero-order valence-electron chi connectivity index (χ0n) is 8.81. The van der Waals surface area contributed by atoms with Crippen LogP contribution in [0, 0.1) is 0 Å². The van der Waals surface area contributed by atoms with Crippen LogP contribution >= 0.6 is 0 Å². The minimum absolute atomic E-state index is 0. The van der Waals surface area contributed by atoms with Crippen LogP contribution in [0.25, 0.3) is 0 Å². The Kier molecular flexibility index (Phi) is 3.94. The van der Waals surface area contributed by atoms with Crippen LogP contribution in [0.15, 0.2) is 11.3 Å². The number of allylic oxidation sites excluding steroid dienone is 1. The molecule has 4 heteroatoms. The Morgan fingerprint density at radius 3 is 2.31 bits per heavy atom. The Balaban J connectivity index is 0.00000144. The molecule has 2 amide bonds. The first kappa shape index (κ1) is 12.5. The van der Waals surface area contributed by atoms with Gasteiger partial charge in [-0.15, -0.1) is 0 Å². The third-order valence-corrected chi connectivity index (χ3v) is 3.00. The van der Waals surface area contributed by atoms with Gasteiger partial charge in [0.2, 0.25) is 0 Å². The molecule has 0 fully saturated rings. The molecule has 76 valence electrons. The van der Waals surface area contributed by atoms with Gasteiger partial charge in [-0.3, -0.25) is 4.90 Å². The lowest BCUT2D eigenvalue weighted by Gasteiger charge is -2.32. The summed E-state index contributed by atoms with van der Waals surface area (Å²) in [6, 6.07) is 0.409. The first-order chi connectivity index (χ1) is 5.46. The molecule has 1 aliphatic rings. The van der Waals surface area contributed by atoms with Gasteiger partial charge in [-0.1, -0.05) is 0 Å². The van der Waals surface area contributed by atoms with Crippen molar-refractivity contribution in [3.05, 3.63) is 11.3 Å². The van der Waals surface area contributed by atoms with E-state index in [2.05, 4.69) is 13.8 Å². The van der Waals surface area contributed by atoms with Crippen molar-refractivity contribution < 1.29 is 22.1 Å². The molecule has 1 heterocycles. The largest absolute Gasteiger partial charge is 1.00 e. The highest BCUT2D eigenvalue weighted by Gasteiger charge is 2.33. The third kappa shape index (κ3) is 1.86. The number of halogens is 1. The third-order valence-electron chi connectivity index (χ3n) is 3.00. The molecule has 0 radical (unpaired) electrons. The summed E-state index contributed by atoms with van der Waals surface area (Å²) in [4.78, 5) is 14.2. The molecule has 1 N–H and O–H groups in total. The van der Waals surface area contributed by atoms with Gasteiger partial charge in [0.1, 0.15) is 5.70 Å². The van der Waals surface area contributed by atoms with E-state index in [0.717, 1.165) is 10.6 Å². The van der Waals surface area contributed by atoms with E-state index in [4.69, 9.17) is 0 Å². The molecule has 13 heavy (non-hydrogen) atoms. The van der Waals surface area contributed by atoms with Gasteiger partial charge in [-0.25, -0.2) is 9.69 Å². The summed E-state index contributed by atoms with van der Waals surface area (Å²) in [5, 5.41) is 0. The summed E-state index contributed by atoms with van der Waals surface area (Å²) in [5.74, 6) is 0. The molecule has 0 spiro atoms. The second-order valence-electron chi connectivity index (χ2n) is 3.53. The molecule has 0 aliphatic carbocycles. The van der Waals surface area contributed by atoms with Crippen LogP contribution in [0.5, 0.6) is 0 Å². The van der Waals surface area contributed by atoms with Crippen LogP contribution < -0.4 is 17.3 Å². The highest BCUT2D eigenvalue weighted by Crippen LogP contribution is 2.12. The summed E-state index contributed by atoms with van der Waals surface area (Å²) >= 11 is 0. The number of amides is 2. The molecule has 0 aromatic heterocycles. The van der Waals surface area contributed by atoms with Crippen molar-refractivity contribution in [2.75, 3.05) is 14.1 Å². The molecule has 0 saturated heterocycles. The van der Waals surface area contributed by atoms with Gasteiger partial charge < -0.3 is 12.4 Å². The highest BCUT2D eigenvalue weighted by molar-refractivity contribution is 5.67. The highest BCUT2D eigenvalue weighted by atomic mass is 35.5. The van der Waals surface area contributed by atoms with Gasteiger partial charge >= 0.3 is 6.03 Å². The van der Waals surface area contributed by atoms with E-state index in [0.29, 0.717) is 0 Å². The van der Waals surface area contributed by atoms with Crippen LogP contribution in [0.2, 0.25) is 0 Å². The molecular formula is C9H17ClN2O. The van der Waals surface area contributed by atoms with Crippen molar-refractivity contribution in [1.29, 1.82) is 0 Å². The number of hydrogen-bond donors (Lipinski definition) is 1. The number of likely N-dealkylation sites (N-methyl/N-ethyl adjacent to an activating group) is 1. The van der Waals surface area contributed by atoms with Crippen molar-refractivity contribution in [3.63, 3.8) is 0 Å². The number of carbonyl (C=O) groups is 1. The molecule has 2 unspecified atom stereocenters. The van der Waals surface area contributed by atoms with Gasteiger partial charge in [-0.2, -0.15) is 0 Å². The van der Waals surface area contributed by atoms with Crippen LogP contribution in [-0.2, 0) is 0 Å². The average Bonchev–Trinajstić information content (AvgIpc) is 2.08. The van der Waals surface area contributed by atoms with Gasteiger partial charge in [0.15, 0.2) is 0 Å². The van der Waals surface area contributed by atoms with Crippen molar-refractivity contribution in [1.82, 2.24) is 4.90 Å². The Hall–Kier alpha value is -0.540. The molecule has 0 saturated carbocycles. The van der Waals surface area contributed by atoms with E-state index < -0.39 is 0 Å². The molecule has 3 nitrogen and oxygen atoms in total. The molecule has 2 atom stereocenters. The molecule has 0 aromatic carbocycles. The lowest BCUT2D eigenvalue weighted by atomic mass is 10.1. The average molecular weight is 205 g/mol. The fourth-order valence-electron chi connectivity index (χ4n) is 1.50. The van der Waals surface area contributed by atoms with E-state index in [1.807, 2.05) is 21.0 Å². The topological polar surface area (TPSA) is 24.8 Å². The van der Waals surface area contributed by atoms with E-state index in [9.17, 15) is 4.79 Å². The first-order valence-electron chi connectivity index (χ1n) is 4.25. The van der Waals surface area contributed by atoms with E-state index in [-0.39, 0.29) is 24.5 Å². The SMILES string of the molecule is CC1=C(C)[NH+](C)C(=O)N(C)C1C.[Cl-]. The maximum Gasteiger partial charge on any atom is 0.422 e. The summed E-state index contributed by atoms with van der Waals surface area (Å²) in [6.07, 6.45) is 0. The van der Waals surface area contributed by atoms with Crippen LogP contribution in [0.1, 0.15) is 20.8 Å². The Bertz CT molecular complexity index is 250. The Morgan fingerprint density at radius 1 is 1.38 bits per heavy atom. The number of hydrogen-bond acceptors (Lipinski definition) is 1. The molecule has 0 bridgehead atoms. The maximum atomic E-state index is 11.5. The molecular weight excluding hydrogens is 188 g/mol. The predicted molar refractivity (Wildman–Crippen MR) is 47.9 cm³/mol. The van der Waals surface area contributed by atoms with E-state index >= 15 is 0 Å². The van der Waals surface area contributed by atoms with Crippen molar-refractivity contribution in [2.24, 2.45) is 0 Å². The van der Waals surface area contributed by atoms with E-state index in [1.165, 1.54) is 5.57 Å². The standard InChI is InChI=1S/C9H16N2O.ClH/c1-6-7(2)10(4)9(12)11(5)8(6)3;/h7H,1-5H3;1H. The molecule has 0 aromatic rings. The number of quaternary nitrogens is 1. The Labute approximate surface area is 85.8 Å². The molecule has 1 aliphatic heterocycles. The Morgan fingerprint density at radius 2 is 1.85 bits per heavy atom. The van der Waals surface area contributed by atoms with Gasteiger partial charge in [-0.05, 0) is 13.8 Å². The van der Waals surface area contributed by atoms with Crippen LogP contribution in [0.3, 0.4) is 0 Å². The normalized spacial score (nSPS) is 29.0. The van der Waals surface area contributed by atoms with Crippen molar-refractivity contribution in [2.45, 2.75) is 26.8 Å². The van der Waals surface area contributed by atoms with E-state index in [1.54, 1.807) is 4.90 Å². The second kappa shape index (κ2) is 4.11. The fourth-order valence-corrected chi connectivity index (χ4v) is 1.50. The lowest BCUT2D eigenvalue weighted by Crippen LogP contribution is -3.12. The van der Waals surface area contributed by atoms with Crippen LogP contribution in [0.4, 0.5) is 4.79 Å². The number of rotatable bonds is 0. The lowest BCUT2D eigenvalue weighted by molar-refractivity contribution is -0.757. The van der Waals surface area contributed by atoms with Gasteiger partial charge in [0, 0.05) is 19.5 Å². The summed E-state index contributed by atoms with van der Waals surface area (Å²) in [5.41, 5.74) is 2.46. The van der Waals surface area contributed by atoms with Gasteiger partial charge in [0.25, 0.3) is 0 Å². The minimum Gasteiger partial charge on any atom is -1.00 e. The monoisotopic (exact) mass is 204 g/mol. The minimum atomic E-state index is 0. The summed E-state index contributed by atoms with van der Waals surface area (Å²) in [6.45, 7) is 6.17.